The molecule has 1 unspecified atom stereocenters. The maximum atomic E-state index is 12.4. The topological polar surface area (TPSA) is 79.4 Å². The van der Waals surface area contributed by atoms with Gasteiger partial charge < -0.3 is 15.2 Å². The minimum atomic E-state index is -0.372. The molecule has 116 valence electrons. The Hall–Kier alpha value is -1.56. The van der Waals surface area contributed by atoms with Crippen molar-refractivity contribution >= 4 is 11.7 Å². The third-order valence-corrected chi connectivity index (χ3v) is 4.67. The van der Waals surface area contributed by atoms with Crippen LogP contribution in [-0.4, -0.2) is 34.1 Å². The van der Waals surface area contributed by atoms with E-state index in [2.05, 4.69) is 5.10 Å². The van der Waals surface area contributed by atoms with Gasteiger partial charge in [-0.1, -0.05) is 6.92 Å². The van der Waals surface area contributed by atoms with Crippen LogP contribution in [0.1, 0.15) is 55.2 Å². The van der Waals surface area contributed by atoms with Gasteiger partial charge in [0.1, 0.15) is 6.10 Å². The van der Waals surface area contributed by atoms with Gasteiger partial charge in [-0.2, -0.15) is 5.10 Å². The number of rotatable bonds is 3. The number of nitrogens with two attached hydrogens (primary N) is 1. The molecule has 2 fully saturated rings. The number of carbonyl (C=O) groups is 1. The number of nitrogen functional groups attached to an aromatic ring is 1. The van der Waals surface area contributed by atoms with Crippen molar-refractivity contribution in [3.8, 4) is 0 Å². The highest BCUT2D eigenvalue weighted by Crippen LogP contribution is 2.43. The van der Waals surface area contributed by atoms with Gasteiger partial charge in [0.2, 0.25) is 0 Å². The number of ether oxygens (including phenoxy) is 2. The van der Waals surface area contributed by atoms with Gasteiger partial charge in [0, 0.05) is 19.9 Å². The zero-order valence-electron chi connectivity index (χ0n) is 12.7. The highest BCUT2D eigenvalue weighted by Gasteiger charge is 2.44. The number of esters is 1. The van der Waals surface area contributed by atoms with Gasteiger partial charge in [-0.05, 0) is 25.7 Å². The lowest BCUT2D eigenvalue weighted by molar-refractivity contribution is -0.159. The van der Waals surface area contributed by atoms with Crippen LogP contribution in [0.25, 0.3) is 0 Å². The summed E-state index contributed by atoms with van der Waals surface area (Å²) in [6.45, 7) is 2.63. The molecule has 0 aromatic carbocycles. The number of hydrogen-bond acceptors (Lipinski definition) is 5. The monoisotopic (exact) mass is 293 g/mol. The SMILES string of the molecule is CCc1nn(C)c(C(=O)OC2CCOC3(CCC3)C2)c1N. The average Bonchev–Trinajstić information content (AvgIpc) is 2.72. The summed E-state index contributed by atoms with van der Waals surface area (Å²) in [4.78, 5) is 12.4. The fourth-order valence-electron chi connectivity index (χ4n) is 3.31. The molecule has 6 nitrogen and oxygen atoms in total. The van der Waals surface area contributed by atoms with Crippen molar-refractivity contribution in [2.75, 3.05) is 12.3 Å². The Morgan fingerprint density at radius 1 is 1.57 bits per heavy atom. The smallest absolute Gasteiger partial charge is 0.359 e. The minimum Gasteiger partial charge on any atom is -0.457 e. The van der Waals surface area contributed by atoms with Crippen LogP contribution in [0.15, 0.2) is 0 Å². The molecule has 0 radical (unpaired) electrons. The largest absolute Gasteiger partial charge is 0.457 e. The first-order valence-electron chi connectivity index (χ1n) is 7.71. The Morgan fingerprint density at radius 3 is 2.90 bits per heavy atom. The zero-order valence-corrected chi connectivity index (χ0v) is 12.7. The lowest BCUT2D eigenvalue weighted by Crippen LogP contribution is -2.48. The van der Waals surface area contributed by atoms with Gasteiger partial charge in [-0.25, -0.2) is 4.79 Å². The molecule has 1 atom stereocenters. The second-order valence-electron chi connectivity index (χ2n) is 6.09. The summed E-state index contributed by atoms with van der Waals surface area (Å²) in [6.07, 6.45) is 5.54. The lowest BCUT2D eigenvalue weighted by Gasteiger charge is -2.46. The summed E-state index contributed by atoms with van der Waals surface area (Å²) in [7, 11) is 1.73. The second-order valence-corrected chi connectivity index (χ2v) is 6.09. The van der Waals surface area contributed by atoms with Crippen molar-refractivity contribution in [1.82, 2.24) is 9.78 Å². The van der Waals surface area contributed by atoms with Gasteiger partial charge in [-0.15, -0.1) is 0 Å². The summed E-state index contributed by atoms with van der Waals surface area (Å²) >= 11 is 0. The molecule has 1 aromatic heterocycles. The minimum absolute atomic E-state index is 0.0320. The van der Waals surface area contributed by atoms with Crippen molar-refractivity contribution in [3.05, 3.63) is 11.4 Å². The van der Waals surface area contributed by atoms with Crippen molar-refractivity contribution < 1.29 is 14.3 Å². The Morgan fingerprint density at radius 2 is 2.33 bits per heavy atom. The van der Waals surface area contributed by atoms with Crippen molar-refractivity contribution in [3.63, 3.8) is 0 Å². The summed E-state index contributed by atoms with van der Waals surface area (Å²) < 4.78 is 13.0. The van der Waals surface area contributed by atoms with E-state index in [9.17, 15) is 4.79 Å². The van der Waals surface area contributed by atoms with E-state index in [0.717, 1.165) is 31.4 Å². The van der Waals surface area contributed by atoms with Crippen LogP contribution in [0, 0.1) is 0 Å². The van der Waals surface area contributed by atoms with E-state index in [1.54, 1.807) is 7.05 Å². The Labute approximate surface area is 124 Å². The molecule has 2 N–H and O–H groups in total. The van der Waals surface area contributed by atoms with Gasteiger partial charge >= 0.3 is 5.97 Å². The number of carbonyl (C=O) groups excluding carboxylic acids is 1. The summed E-state index contributed by atoms with van der Waals surface area (Å²) in [5.74, 6) is -0.372. The molecule has 2 aliphatic rings. The normalized spacial score (nSPS) is 23.8. The third kappa shape index (κ3) is 2.52. The molecule has 6 heteroatoms. The van der Waals surface area contributed by atoms with Gasteiger partial charge in [0.15, 0.2) is 5.69 Å². The molecular weight excluding hydrogens is 270 g/mol. The fourth-order valence-corrected chi connectivity index (χ4v) is 3.31. The molecule has 3 rings (SSSR count). The number of aryl methyl sites for hydroxylation is 2. The van der Waals surface area contributed by atoms with Crippen LogP contribution < -0.4 is 5.73 Å². The first-order valence-corrected chi connectivity index (χ1v) is 7.71. The molecular formula is C15H23N3O3. The summed E-state index contributed by atoms with van der Waals surface area (Å²) in [6, 6.07) is 0. The molecule has 1 saturated heterocycles. The van der Waals surface area contributed by atoms with E-state index < -0.39 is 0 Å². The van der Waals surface area contributed by atoms with Crippen LogP contribution in [0.3, 0.4) is 0 Å². The maximum Gasteiger partial charge on any atom is 0.359 e. The number of aromatic nitrogens is 2. The van der Waals surface area contributed by atoms with Crippen molar-refractivity contribution in [2.45, 2.75) is 57.2 Å². The molecule has 1 saturated carbocycles. The highest BCUT2D eigenvalue weighted by atomic mass is 16.6. The Bertz CT molecular complexity index is 549. The molecule has 1 aliphatic carbocycles. The summed E-state index contributed by atoms with van der Waals surface area (Å²) in [5, 5.41) is 4.26. The van der Waals surface area contributed by atoms with E-state index in [1.165, 1.54) is 11.1 Å². The van der Waals surface area contributed by atoms with Gasteiger partial charge in [0.05, 0.1) is 23.6 Å². The van der Waals surface area contributed by atoms with Crippen molar-refractivity contribution in [1.29, 1.82) is 0 Å². The van der Waals surface area contributed by atoms with Crippen LogP contribution in [0.2, 0.25) is 0 Å². The average molecular weight is 293 g/mol. The lowest BCUT2D eigenvalue weighted by atomic mass is 9.74. The molecule has 21 heavy (non-hydrogen) atoms. The fraction of sp³-hybridized carbons (Fsp3) is 0.733. The first kappa shape index (κ1) is 14.4. The third-order valence-electron chi connectivity index (χ3n) is 4.67. The number of anilines is 1. The molecule has 0 amide bonds. The maximum absolute atomic E-state index is 12.4. The van der Waals surface area contributed by atoms with Crippen LogP contribution in [-0.2, 0) is 22.9 Å². The summed E-state index contributed by atoms with van der Waals surface area (Å²) in [5.41, 5.74) is 7.52. The van der Waals surface area contributed by atoms with E-state index in [-0.39, 0.29) is 17.7 Å². The predicted molar refractivity (Wildman–Crippen MR) is 78.0 cm³/mol. The van der Waals surface area contributed by atoms with Gasteiger partial charge in [-0.3, -0.25) is 4.68 Å². The zero-order chi connectivity index (χ0) is 15.0. The Balaban J connectivity index is 1.70. The first-order chi connectivity index (χ1) is 10.0. The Kier molecular flexibility index (Phi) is 3.65. The molecule has 0 bridgehead atoms. The van der Waals surface area contributed by atoms with E-state index >= 15 is 0 Å². The quantitative estimate of drug-likeness (QED) is 0.860. The van der Waals surface area contributed by atoms with Crippen LogP contribution in [0.4, 0.5) is 5.69 Å². The van der Waals surface area contributed by atoms with Crippen LogP contribution in [0.5, 0.6) is 0 Å². The van der Waals surface area contributed by atoms with E-state index in [4.69, 9.17) is 15.2 Å². The van der Waals surface area contributed by atoms with Crippen LogP contribution >= 0.6 is 0 Å². The van der Waals surface area contributed by atoms with E-state index in [1.807, 2.05) is 6.92 Å². The molecule has 1 spiro atoms. The van der Waals surface area contributed by atoms with Gasteiger partial charge in [0.25, 0.3) is 0 Å². The second kappa shape index (κ2) is 5.33. The number of nitrogens with zero attached hydrogens (tertiary/aromatic N) is 2. The predicted octanol–water partition coefficient (Wildman–Crippen LogP) is 1.82. The molecule has 2 heterocycles. The van der Waals surface area contributed by atoms with Crippen molar-refractivity contribution in [2.24, 2.45) is 7.05 Å². The highest BCUT2D eigenvalue weighted by molar-refractivity contribution is 5.94. The standard InChI is InChI=1S/C15H23N3O3/c1-3-11-12(16)13(18(2)17-11)14(19)21-10-5-8-20-15(9-10)6-4-7-15/h10H,3-9,16H2,1-2H3. The number of hydrogen-bond donors (Lipinski definition) is 1. The van der Waals surface area contributed by atoms with E-state index in [0.29, 0.717) is 24.4 Å². The molecule has 1 aromatic rings. The molecule has 1 aliphatic heterocycles.